The quantitative estimate of drug-likeness (QED) is 0.143. The van der Waals surface area contributed by atoms with E-state index >= 15 is 0 Å². The molecule has 262 valence electrons. The van der Waals surface area contributed by atoms with Crippen molar-refractivity contribution in [2.24, 2.45) is 11.3 Å². The molecular weight excluding hydrogens is 627 g/mol. The van der Waals surface area contributed by atoms with E-state index in [-0.39, 0.29) is 42.8 Å². The summed E-state index contributed by atoms with van der Waals surface area (Å²) in [4.78, 5) is 27.3. The molecule has 6 N–H and O–H groups in total. The number of carbonyl (C=O) groups is 2. The molecule has 0 saturated carbocycles. The van der Waals surface area contributed by atoms with Crippen LogP contribution in [0.5, 0.6) is 0 Å². The topological polar surface area (TPSA) is 154 Å². The van der Waals surface area contributed by atoms with Crippen molar-refractivity contribution >= 4 is 27.5 Å². The van der Waals surface area contributed by atoms with Crippen molar-refractivity contribution in [3.63, 3.8) is 0 Å². The number of nitrogens with one attached hydrogen (secondary N) is 3. The molecule has 0 aliphatic rings. The highest BCUT2D eigenvalue weighted by Crippen LogP contribution is 2.23. The zero-order valence-corrected chi connectivity index (χ0v) is 30.1. The molecule has 0 radical (unpaired) electrons. The second-order valence-electron chi connectivity index (χ2n) is 14.4. The van der Waals surface area contributed by atoms with Gasteiger partial charge >= 0.3 is 0 Å². The van der Waals surface area contributed by atoms with Crippen molar-refractivity contribution < 1.29 is 23.1 Å². The van der Waals surface area contributed by atoms with Crippen molar-refractivity contribution in [1.82, 2.24) is 20.3 Å². The van der Waals surface area contributed by atoms with Gasteiger partial charge in [0.05, 0.1) is 23.6 Å². The van der Waals surface area contributed by atoms with Gasteiger partial charge < -0.3 is 21.5 Å². The van der Waals surface area contributed by atoms with Gasteiger partial charge in [-0.15, -0.1) is 0 Å². The van der Waals surface area contributed by atoms with Gasteiger partial charge in [-0.3, -0.25) is 14.9 Å². The molecule has 0 fully saturated rings. The molecule has 0 unspecified atom stereocenters. The maximum Gasteiger partial charge on any atom is 0.243 e. The van der Waals surface area contributed by atoms with Crippen LogP contribution in [0.1, 0.15) is 59.6 Å². The van der Waals surface area contributed by atoms with Crippen LogP contribution in [-0.2, 0) is 31.6 Å². The first-order valence-electron chi connectivity index (χ1n) is 16.4. The average Bonchev–Trinajstić information content (AvgIpc) is 3.02. The fraction of sp³-hybridized carbons (Fsp3) is 0.459. The van der Waals surface area contributed by atoms with Crippen LogP contribution in [0, 0.1) is 11.3 Å². The highest BCUT2D eigenvalue weighted by molar-refractivity contribution is 7.89. The summed E-state index contributed by atoms with van der Waals surface area (Å²) in [6.07, 6.45) is -1.04. The van der Waals surface area contributed by atoms with E-state index < -0.39 is 45.1 Å². The summed E-state index contributed by atoms with van der Waals surface area (Å²) >= 11 is 0. The number of nitrogens with two attached hydrogens (primary N) is 1. The van der Waals surface area contributed by atoms with Gasteiger partial charge in [-0.2, -0.15) is 4.31 Å². The Balaban J connectivity index is 1.83. The first-order chi connectivity index (χ1) is 22.4. The molecule has 0 aliphatic heterocycles. The number of hydrogen-bond acceptors (Lipinski definition) is 7. The highest BCUT2D eigenvalue weighted by atomic mass is 32.2. The molecule has 11 heteroatoms. The number of nitrogens with zero attached hydrogens (tertiary/aromatic N) is 1. The monoisotopic (exact) mass is 679 g/mol. The predicted molar refractivity (Wildman–Crippen MR) is 191 cm³/mol. The summed E-state index contributed by atoms with van der Waals surface area (Å²) in [5.74, 6) is -0.870. The fourth-order valence-corrected chi connectivity index (χ4v) is 6.99. The van der Waals surface area contributed by atoms with Crippen LogP contribution in [0.3, 0.4) is 0 Å². The standard InChI is InChI=1S/C37H53N5O5S/c1-26(2)24-42(48(46,47)30-20-18-29(38)19-21-30)25-32(43)31(22-27-14-10-8-11-15-27)40-35(45)34(36(3,4)5)41-33(44)23-39-37(6,7)28-16-12-9-13-17-28/h8-21,26,31-32,34,39,43H,22-25,38H2,1-7H3,(H,40,45)(H,41,44)/t31-,32+,34+/m0/s1. The van der Waals surface area contributed by atoms with Gasteiger partial charge in [0, 0.05) is 24.3 Å². The Hall–Kier alpha value is -3.77. The number of hydrogen-bond donors (Lipinski definition) is 5. The van der Waals surface area contributed by atoms with Crippen molar-refractivity contribution in [2.45, 2.75) is 83.5 Å². The van der Waals surface area contributed by atoms with Gasteiger partial charge in [0.2, 0.25) is 21.8 Å². The summed E-state index contributed by atoms with van der Waals surface area (Å²) in [6.45, 7) is 13.2. The molecule has 3 aromatic carbocycles. The minimum Gasteiger partial charge on any atom is -0.399 e. The number of nitrogen functional groups attached to an aromatic ring is 1. The fourth-order valence-electron chi connectivity index (χ4n) is 5.37. The molecule has 2 amide bonds. The summed E-state index contributed by atoms with van der Waals surface area (Å²) in [5, 5.41) is 20.8. The number of aliphatic hydroxyl groups excluding tert-OH is 1. The summed E-state index contributed by atoms with van der Waals surface area (Å²) in [7, 11) is -4.00. The molecule has 0 spiro atoms. The SMILES string of the molecule is CC(C)CN(C[C@@H](O)[C@H](Cc1ccccc1)NC(=O)[C@@H](NC(=O)CNC(C)(C)c1ccccc1)C(C)(C)C)S(=O)(=O)c1ccc(N)cc1. The van der Waals surface area contributed by atoms with Gasteiger partial charge in [0.25, 0.3) is 0 Å². The van der Waals surface area contributed by atoms with Crippen molar-refractivity contribution in [3.8, 4) is 0 Å². The molecule has 0 aliphatic carbocycles. The van der Waals surface area contributed by atoms with E-state index in [9.17, 15) is 23.1 Å². The zero-order chi connectivity index (χ0) is 35.7. The summed E-state index contributed by atoms with van der Waals surface area (Å²) in [6, 6.07) is 23.3. The highest BCUT2D eigenvalue weighted by Gasteiger charge is 2.37. The molecule has 0 aromatic heterocycles. The number of anilines is 1. The third-order valence-electron chi connectivity index (χ3n) is 8.19. The second kappa shape index (κ2) is 16.6. The molecule has 48 heavy (non-hydrogen) atoms. The van der Waals surface area contributed by atoms with E-state index in [1.807, 2.05) is 109 Å². The van der Waals surface area contributed by atoms with Crippen LogP contribution in [-0.4, -0.2) is 67.5 Å². The lowest BCUT2D eigenvalue weighted by atomic mass is 9.85. The third-order valence-corrected chi connectivity index (χ3v) is 10.0. The van der Waals surface area contributed by atoms with E-state index in [1.54, 1.807) is 0 Å². The predicted octanol–water partition coefficient (Wildman–Crippen LogP) is 4.06. The van der Waals surface area contributed by atoms with Crippen molar-refractivity contribution in [1.29, 1.82) is 0 Å². The molecule has 3 aromatic rings. The van der Waals surface area contributed by atoms with Gasteiger partial charge in [0.1, 0.15) is 6.04 Å². The molecule has 0 heterocycles. The summed E-state index contributed by atoms with van der Waals surface area (Å²) in [5.41, 5.74) is 6.93. The smallest absolute Gasteiger partial charge is 0.243 e. The lowest BCUT2D eigenvalue weighted by molar-refractivity contribution is -0.132. The van der Waals surface area contributed by atoms with Gasteiger partial charge in [-0.25, -0.2) is 8.42 Å². The van der Waals surface area contributed by atoms with Crippen molar-refractivity contribution in [2.75, 3.05) is 25.4 Å². The maximum absolute atomic E-state index is 14.0. The minimum absolute atomic E-state index is 0.0228. The molecule has 0 bridgehead atoms. The van der Waals surface area contributed by atoms with E-state index in [0.717, 1.165) is 11.1 Å². The number of sulfonamides is 1. The number of benzene rings is 3. The van der Waals surface area contributed by atoms with Crippen LogP contribution in [0.25, 0.3) is 0 Å². The maximum atomic E-state index is 14.0. The van der Waals surface area contributed by atoms with E-state index in [2.05, 4.69) is 16.0 Å². The molecule has 3 atom stereocenters. The minimum atomic E-state index is -4.00. The summed E-state index contributed by atoms with van der Waals surface area (Å²) < 4.78 is 28.7. The Kier molecular flexibility index (Phi) is 13.3. The zero-order valence-electron chi connectivity index (χ0n) is 29.2. The van der Waals surface area contributed by atoms with Gasteiger partial charge in [0.15, 0.2) is 0 Å². The molecule has 0 saturated heterocycles. The van der Waals surface area contributed by atoms with Crippen LogP contribution in [0.4, 0.5) is 5.69 Å². The van der Waals surface area contributed by atoms with E-state index in [0.29, 0.717) is 5.69 Å². The Labute approximate surface area is 286 Å². The lowest BCUT2D eigenvalue weighted by Gasteiger charge is -2.35. The van der Waals surface area contributed by atoms with E-state index in [1.165, 1.54) is 28.6 Å². The largest absolute Gasteiger partial charge is 0.399 e. The normalized spacial score (nSPS) is 14.4. The Morgan fingerprint density at radius 3 is 1.94 bits per heavy atom. The Morgan fingerprint density at radius 1 is 0.833 bits per heavy atom. The van der Waals surface area contributed by atoms with E-state index in [4.69, 9.17) is 5.73 Å². The first kappa shape index (κ1) is 38.7. The van der Waals surface area contributed by atoms with Crippen LogP contribution >= 0.6 is 0 Å². The molecular formula is C37H53N5O5S. The third kappa shape index (κ3) is 11.2. The Morgan fingerprint density at radius 2 is 1.40 bits per heavy atom. The second-order valence-corrected chi connectivity index (χ2v) is 16.3. The molecule has 3 rings (SSSR count). The van der Waals surface area contributed by atoms with Crippen LogP contribution in [0.15, 0.2) is 89.8 Å². The number of aliphatic hydroxyl groups is 1. The molecule has 10 nitrogen and oxygen atoms in total. The first-order valence-corrected chi connectivity index (χ1v) is 17.8. The number of carbonyl (C=O) groups excluding carboxylic acids is 2. The number of rotatable bonds is 16. The lowest BCUT2D eigenvalue weighted by Crippen LogP contribution is -2.59. The Bertz CT molecular complexity index is 1570. The van der Waals surface area contributed by atoms with Gasteiger partial charge in [-0.1, -0.05) is 95.3 Å². The van der Waals surface area contributed by atoms with Crippen LogP contribution in [0.2, 0.25) is 0 Å². The number of amides is 2. The van der Waals surface area contributed by atoms with Crippen molar-refractivity contribution in [3.05, 3.63) is 96.1 Å². The van der Waals surface area contributed by atoms with Crippen LogP contribution < -0.4 is 21.7 Å². The average molecular weight is 680 g/mol. The van der Waals surface area contributed by atoms with Gasteiger partial charge in [-0.05, 0) is 67.0 Å².